The zero-order valence-corrected chi connectivity index (χ0v) is 16.8. The van der Waals surface area contributed by atoms with Gasteiger partial charge in [-0.25, -0.2) is 8.93 Å². The van der Waals surface area contributed by atoms with Gasteiger partial charge < -0.3 is 4.90 Å². The first-order valence-electron chi connectivity index (χ1n) is 9.65. The highest BCUT2D eigenvalue weighted by atomic mass is 32.2. The second-order valence-electron chi connectivity index (χ2n) is 7.40. The fourth-order valence-corrected chi connectivity index (χ4v) is 3.99. The topological polar surface area (TPSA) is 65.5 Å². The summed E-state index contributed by atoms with van der Waals surface area (Å²) in [7, 11) is 0. The third kappa shape index (κ3) is 6.81. The Labute approximate surface area is 164 Å². The van der Waals surface area contributed by atoms with Crippen LogP contribution in [0.5, 0.6) is 0 Å². The molecule has 2 aromatic rings. The summed E-state index contributed by atoms with van der Waals surface area (Å²) in [5.41, 5.74) is 4.67. The number of benzene rings is 1. The molecule has 1 atom stereocenters. The van der Waals surface area contributed by atoms with Crippen molar-refractivity contribution in [1.29, 1.82) is 0 Å². The van der Waals surface area contributed by atoms with Gasteiger partial charge in [0, 0.05) is 30.9 Å². The fraction of sp³-hybridized carbons (Fsp3) is 0.476. The fourth-order valence-electron chi connectivity index (χ4n) is 3.70. The monoisotopic (exact) mass is 387 g/mol. The van der Waals surface area contributed by atoms with Gasteiger partial charge in [-0.1, -0.05) is 30.3 Å². The summed E-state index contributed by atoms with van der Waals surface area (Å²) in [6.45, 7) is 5.89. The quantitative estimate of drug-likeness (QED) is 0.683. The maximum Gasteiger partial charge on any atom is 0.232 e. The zero-order chi connectivity index (χ0) is 19.1. The molecule has 2 N–H and O–H groups in total. The Balaban J connectivity index is 1.39. The maximum absolute atomic E-state index is 10.7. The molecule has 6 heteroatoms. The highest BCUT2D eigenvalue weighted by Gasteiger charge is 2.19. The van der Waals surface area contributed by atoms with Gasteiger partial charge in [0.1, 0.15) is 0 Å². The van der Waals surface area contributed by atoms with Crippen molar-refractivity contribution in [3.05, 3.63) is 65.0 Å². The van der Waals surface area contributed by atoms with Crippen molar-refractivity contribution in [3.8, 4) is 0 Å². The number of aryl methyl sites for hydroxylation is 1. The van der Waals surface area contributed by atoms with Crippen molar-refractivity contribution < 1.29 is 8.76 Å². The Morgan fingerprint density at radius 2 is 1.85 bits per heavy atom. The van der Waals surface area contributed by atoms with Crippen LogP contribution >= 0.6 is 0 Å². The average Bonchev–Trinajstić information content (AvgIpc) is 2.67. The Bertz CT molecular complexity index is 743. The van der Waals surface area contributed by atoms with Crippen LogP contribution in [0.3, 0.4) is 0 Å². The van der Waals surface area contributed by atoms with E-state index in [0.717, 1.165) is 36.6 Å². The number of hydrogen-bond acceptors (Lipinski definition) is 3. The Kier molecular flexibility index (Phi) is 7.52. The van der Waals surface area contributed by atoms with Crippen molar-refractivity contribution >= 4 is 11.3 Å². The number of nitrogens with zero attached hydrogens (tertiary/aromatic N) is 2. The predicted molar refractivity (Wildman–Crippen MR) is 110 cm³/mol. The number of aromatic nitrogens is 1. The second-order valence-corrected chi connectivity index (χ2v) is 8.18. The lowest BCUT2D eigenvalue weighted by molar-refractivity contribution is 0.185. The van der Waals surface area contributed by atoms with Crippen LogP contribution in [0, 0.1) is 12.8 Å². The van der Waals surface area contributed by atoms with E-state index in [1.165, 1.54) is 37.2 Å². The van der Waals surface area contributed by atoms with Crippen molar-refractivity contribution in [2.75, 3.05) is 19.6 Å². The largest absolute Gasteiger partial charge is 0.303 e. The first-order chi connectivity index (χ1) is 13.1. The average molecular weight is 388 g/mol. The van der Waals surface area contributed by atoms with Gasteiger partial charge in [-0.3, -0.25) is 9.54 Å². The molecule has 146 valence electrons. The van der Waals surface area contributed by atoms with E-state index in [-0.39, 0.29) is 0 Å². The molecule has 1 aromatic heterocycles. The van der Waals surface area contributed by atoms with Gasteiger partial charge in [0.2, 0.25) is 11.3 Å². The lowest BCUT2D eigenvalue weighted by Gasteiger charge is -2.32. The minimum atomic E-state index is -1.95. The van der Waals surface area contributed by atoms with Crippen molar-refractivity contribution in [2.45, 2.75) is 39.2 Å². The second kappa shape index (κ2) is 10.1. The molecule has 0 radical (unpaired) electrons. The molecule has 3 rings (SSSR count). The summed E-state index contributed by atoms with van der Waals surface area (Å²) >= 11 is -1.95. The first kappa shape index (κ1) is 20.1. The molecule has 2 heterocycles. The number of piperidine rings is 1. The normalized spacial score (nSPS) is 17.1. The van der Waals surface area contributed by atoms with Crippen LogP contribution < -0.4 is 4.72 Å². The van der Waals surface area contributed by atoms with E-state index in [4.69, 9.17) is 4.55 Å². The number of nitrogens with one attached hydrogen (secondary N) is 1. The molecular formula is C21H29N3O2S. The van der Waals surface area contributed by atoms with E-state index in [1.54, 1.807) is 0 Å². The molecule has 1 aliphatic rings. The molecule has 0 bridgehead atoms. The lowest BCUT2D eigenvalue weighted by Crippen LogP contribution is -2.35. The summed E-state index contributed by atoms with van der Waals surface area (Å²) in [4.78, 5) is 7.16. The van der Waals surface area contributed by atoms with Crippen molar-refractivity contribution in [3.63, 3.8) is 0 Å². The van der Waals surface area contributed by atoms with Gasteiger partial charge in [-0.05, 0) is 68.5 Å². The number of pyridine rings is 1. The summed E-state index contributed by atoms with van der Waals surface area (Å²) < 4.78 is 22.0. The van der Waals surface area contributed by atoms with Crippen molar-refractivity contribution in [2.24, 2.45) is 5.92 Å². The lowest BCUT2D eigenvalue weighted by atomic mass is 9.90. The first-order valence-corrected chi connectivity index (χ1v) is 10.8. The predicted octanol–water partition coefficient (Wildman–Crippen LogP) is 3.11. The highest BCUT2D eigenvalue weighted by Crippen LogP contribution is 2.22. The molecule has 0 amide bonds. The van der Waals surface area contributed by atoms with Crippen LogP contribution in [0.25, 0.3) is 0 Å². The Hall–Kier alpha value is -1.60. The minimum Gasteiger partial charge on any atom is -0.303 e. The summed E-state index contributed by atoms with van der Waals surface area (Å²) in [6.07, 6.45) is 4.63. The van der Waals surface area contributed by atoms with Crippen LogP contribution in [0.4, 0.5) is 0 Å². The molecule has 0 aliphatic carbocycles. The van der Waals surface area contributed by atoms with Crippen molar-refractivity contribution in [1.82, 2.24) is 14.6 Å². The van der Waals surface area contributed by atoms with Crippen LogP contribution in [0.2, 0.25) is 0 Å². The van der Waals surface area contributed by atoms with E-state index in [2.05, 4.69) is 38.9 Å². The van der Waals surface area contributed by atoms with Gasteiger partial charge in [0.05, 0.1) is 0 Å². The molecule has 1 unspecified atom stereocenters. The van der Waals surface area contributed by atoms with Gasteiger partial charge in [0.25, 0.3) is 0 Å². The van der Waals surface area contributed by atoms with Crippen LogP contribution in [-0.4, -0.2) is 38.3 Å². The highest BCUT2D eigenvalue weighted by molar-refractivity contribution is 7.77. The van der Waals surface area contributed by atoms with Crippen LogP contribution in [0.15, 0.2) is 42.5 Å². The molecule has 1 aromatic carbocycles. The van der Waals surface area contributed by atoms with Crippen LogP contribution in [-0.2, 0) is 30.7 Å². The molecule has 0 spiro atoms. The summed E-state index contributed by atoms with van der Waals surface area (Å²) in [5, 5.41) is 0. The molecule has 27 heavy (non-hydrogen) atoms. The molecule has 1 saturated heterocycles. The summed E-state index contributed by atoms with van der Waals surface area (Å²) in [5.74, 6) is 0.743. The number of hydrogen-bond donors (Lipinski definition) is 2. The van der Waals surface area contributed by atoms with E-state index >= 15 is 0 Å². The number of rotatable bonds is 8. The van der Waals surface area contributed by atoms with E-state index < -0.39 is 11.3 Å². The number of likely N-dealkylation sites (tertiary alicyclic amines) is 1. The van der Waals surface area contributed by atoms with Gasteiger partial charge in [-0.2, -0.15) is 0 Å². The SMILES string of the molecule is Cc1cccc(CCN2CCC(Cc3ccc(CNS(=O)O)cc3)CC2)n1. The molecular weight excluding hydrogens is 358 g/mol. The maximum atomic E-state index is 10.7. The van der Waals surface area contributed by atoms with Crippen LogP contribution in [0.1, 0.15) is 35.4 Å². The minimum absolute atomic E-state index is 0.414. The molecule has 1 fully saturated rings. The van der Waals surface area contributed by atoms with E-state index in [9.17, 15) is 4.21 Å². The van der Waals surface area contributed by atoms with Gasteiger partial charge >= 0.3 is 0 Å². The zero-order valence-electron chi connectivity index (χ0n) is 15.9. The molecule has 1 aliphatic heterocycles. The van der Waals surface area contributed by atoms with Gasteiger partial charge in [-0.15, -0.1) is 0 Å². The Morgan fingerprint density at radius 3 is 2.52 bits per heavy atom. The Morgan fingerprint density at radius 1 is 1.15 bits per heavy atom. The smallest absolute Gasteiger partial charge is 0.232 e. The van der Waals surface area contributed by atoms with Gasteiger partial charge in [0.15, 0.2) is 0 Å². The standard InChI is InChI=1S/C21H29N3O2S/c1-17-3-2-4-21(23-17)11-14-24-12-9-19(10-13-24)15-18-5-7-20(8-6-18)16-22-27(25)26/h2-8,19,22H,9-16H2,1H3,(H,25,26). The summed E-state index contributed by atoms with van der Waals surface area (Å²) in [6, 6.07) is 14.6. The van der Waals surface area contributed by atoms with E-state index in [0.29, 0.717) is 6.54 Å². The third-order valence-electron chi connectivity index (χ3n) is 5.28. The molecule has 5 nitrogen and oxygen atoms in total. The molecule has 0 saturated carbocycles. The van der Waals surface area contributed by atoms with E-state index in [1.807, 2.05) is 25.1 Å². The third-order valence-corrected chi connectivity index (χ3v) is 5.68.